The molecule has 0 atom stereocenters. The second-order valence-electron chi connectivity index (χ2n) is 5.48. The fraction of sp³-hybridized carbons (Fsp3) is 0.278. The number of nitrogens with two attached hydrogens (primary N) is 1. The van der Waals surface area contributed by atoms with Crippen molar-refractivity contribution in [3.63, 3.8) is 0 Å². The smallest absolute Gasteiger partial charge is 0.241 e. The van der Waals surface area contributed by atoms with Gasteiger partial charge >= 0.3 is 0 Å². The normalized spacial score (nSPS) is 10.8. The molecule has 0 aliphatic heterocycles. The number of halogens is 1. The Morgan fingerprint density at radius 2 is 1.77 bits per heavy atom. The quantitative estimate of drug-likeness (QED) is 0.730. The SMILES string of the molecule is CCc1c(OC)cc(OC)c(Cl)c1-c1cc2cnc(N)nc2c(OC)n1. The summed E-state index contributed by atoms with van der Waals surface area (Å²) in [6.07, 6.45) is 2.32. The second kappa shape index (κ2) is 7.21. The van der Waals surface area contributed by atoms with Crippen LogP contribution in [0.4, 0.5) is 5.95 Å². The van der Waals surface area contributed by atoms with Crippen molar-refractivity contribution in [2.24, 2.45) is 0 Å². The lowest BCUT2D eigenvalue weighted by Gasteiger charge is -2.18. The lowest BCUT2D eigenvalue weighted by molar-refractivity contribution is 0.391. The Bertz CT molecular complexity index is 979. The fourth-order valence-corrected chi connectivity index (χ4v) is 3.23. The van der Waals surface area contributed by atoms with Gasteiger partial charge in [-0.1, -0.05) is 18.5 Å². The van der Waals surface area contributed by atoms with Crippen LogP contribution in [0.3, 0.4) is 0 Å². The molecule has 3 rings (SSSR count). The summed E-state index contributed by atoms with van der Waals surface area (Å²) < 4.78 is 16.3. The van der Waals surface area contributed by atoms with Crippen molar-refractivity contribution in [3.8, 4) is 28.6 Å². The largest absolute Gasteiger partial charge is 0.496 e. The number of anilines is 1. The Balaban J connectivity index is 2.37. The molecule has 0 saturated heterocycles. The van der Waals surface area contributed by atoms with E-state index in [1.807, 2.05) is 13.0 Å². The summed E-state index contributed by atoms with van der Waals surface area (Å²) in [5.74, 6) is 1.68. The van der Waals surface area contributed by atoms with Gasteiger partial charge in [-0.2, -0.15) is 0 Å². The first kappa shape index (κ1) is 18.0. The van der Waals surface area contributed by atoms with E-state index in [4.69, 9.17) is 31.5 Å². The number of benzene rings is 1. The number of nitrogen functional groups attached to an aromatic ring is 1. The van der Waals surface area contributed by atoms with Crippen molar-refractivity contribution < 1.29 is 14.2 Å². The second-order valence-corrected chi connectivity index (χ2v) is 5.86. The van der Waals surface area contributed by atoms with Gasteiger partial charge in [0.05, 0.1) is 32.0 Å². The number of aromatic nitrogens is 3. The molecular formula is C18H19ClN4O3. The van der Waals surface area contributed by atoms with Gasteiger partial charge in [0.15, 0.2) is 0 Å². The molecule has 0 saturated carbocycles. The molecule has 0 fully saturated rings. The third-order valence-electron chi connectivity index (χ3n) is 4.09. The minimum absolute atomic E-state index is 0.153. The average molecular weight is 375 g/mol. The van der Waals surface area contributed by atoms with Gasteiger partial charge in [-0.3, -0.25) is 0 Å². The molecule has 0 aliphatic rings. The van der Waals surface area contributed by atoms with E-state index in [0.29, 0.717) is 40.0 Å². The molecule has 1 aromatic carbocycles. The van der Waals surface area contributed by atoms with E-state index in [-0.39, 0.29) is 5.95 Å². The third-order valence-corrected chi connectivity index (χ3v) is 4.47. The standard InChI is InChI=1S/C18H19ClN4O3/c1-5-10-12(24-2)7-13(25-3)15(19)14(10)11-6-9-8-21-18(20)23-16(9)17(22-11)26-4/h6-8H,5H2,1-4H3,(H2,20,21,23). The fourth-order valence-electron chi connectivity index (χ4n) is 2.89. The van der Waals surface area contributed by atoms with Crippen molar-refractivity contribution in [2.45, 2.75) is 13.3 Å². The van der Waals surface area contributed by atoms with Crippen LogP contribution in [0, 0.1) is 0 Å². The van der Waals surface area contributed by atoms with Crippen molar-refractivity contribution in [2.75, 3.05) is 27.1 Å². The molecule has 0 radical (unpaired) electrons. The summed E-state index contributed by atoms with van der Waals surface area (Å²) in [5, 5.41) is 1.19. The molecule has 0 amide bonds. The van der Waals surface area contributed by atoms with Crippen molar-refractivity contribution in [3.05, 3.63) is 28.9 Å². The van der Waals surface area contributed by atoms with E-state index in [9.17, 15) is 0 Å². The maximum atomic E-state index is 6.62. The minimum Gasteiger partial charge on any atom is -0.496 e. The third kappa shape index (κ3) is 2.94. The summed E-state index contributed by atoms with van der Waals surface area (Å²) >= 11 is 6.62. The molecule has 0 bridgehead atoms. The van der Waals surface area contributed by atoms with Crippen LogP contribution < -0.4 is 19.9 Å². The molecule has 2 N–H and O–H groups in total. The lowest BCUT2D eigenvalue weighted by atomic mass is 9.99. The molecule has 136 valence electrons. The Morgan fingerprint density at radius 3 is 2.38 bits per heavy atom. The van der Waals surface area contributed by atoms with Crippen LogP contribution in [0.5, 0.6) is 17.4 Å². The van der Waals surface area contributed by atoms with Crippen molar-refractivity contribution >= 4 is 28.5 Å². The number of nitrogens with zero attached hydrogens (tertiary/aromatic N) is 3. The first-order chi connectivity index (χ1) is 12.5. The summed E-state index contributed by atoms with van der Waals surface area (Å²) in [7, 11) is 4.69. The zero-order valence-electron chi connectivity index (χ0n) is 15.0. The number of pyridine rings is 1. The summed E-state index contributed by atoms with van der Waals surface area (Å²) in [4.78, 5) is 12.8. The van der Waals surface area contributed by atoms with Crippen molar-refractivity contribution in [1.29, 1.82) is 0 Å². The lowest BCUT2D eigenvalue weighted by Crippen LogP contribution is -2.02. The van der Waals surface area contributed by atoms with Gasteiger partial charge in [-0.25, -0.2) is 15.0 Å². The summed E-state index contributed by atoms with van der Waals surface area (Å²) in [6.45, 7) is 2.02. The molecule has 2 aromatic heterocycles. The Kier molecular flexibility index (Phi) is 4.99. The molecular weight excluding hydrogens is 356 g/mol. The molecule has 7 nitrogen and oxygen atoms in total. The predicted molar refractivity (Wildman–Crippen MR) is 101 cm³/mol. The Morgan fingerprint density at radius 1 is 1.04 bits per heavy atom. The van der Waals surface area contributed by atoms with E-state index in [2.05, 4.69) is 15.0 Å². The van der Waals surface area contributed by atoms with Gasteiger partial charge in [0, 0.05) is 28.8 Å². The molecule has 3 aromatic rings. The predicted octanol–water partition coefficient (Wildman–Crippen LogP) is 3.52. The van der Waals surface area contributed by atoms with Crippen LogP contribution in [0.2, 0.25) is 5.02 Å². The summed E-state index contributed by atoms with van der Waals surface area (Å²) in [5.41, 5.74) is 8.47. The number of fused-ring (bicyclic) bond motifs is 1. The maximum absolute atomic E-state index is 6.62. The van der Waals surface area contributed by atoms with Crippen LogP contribution in [-0.2, 0) is 6.42 Å². The van der Waals surface area contributed by atoms with E-state index in [1.165, 1.54) is 7.11 Å². The van der Waals surface area contributed by atoms with Crippen LogP contribution in [0.15, 0.2) is 18.3 Å². The van der Waals surface area contributed by atoms with Crippen LogP contribution in [0.25, 0.3) is 22.2 Å². The molecule has 0 spiro atoms. The van der Waals surface area contributed by atoms with Gasteiger partial charge in [-0.15, -0.1) is 0 Å². The minimum atomic E-state index is 0.153. The highest BCUT2D eigenvalue weighted by Gasteiger charge is 2.21. The zero-order chi connectivity index (χ0) is 18.8. The van der Waals surface area contributed by atoms with Gasteiger partial charge < -0.3 is 19.9 Å². The number of ether oxygens (including phenoxy) is 3. The van der Waals surface area contributed by atoms with E-state index < -0.39 is 0 Å². The van der Waals surface area contributed by atoms with Gasteiger partial charge in [-0.05, 0) is 12.5 Å². The highest BCUT2D eigenvalue weighted by molar-refractivity contribution is 6.35. The van der Waals surface area contributed by atoms with Crippen LogP contribution in [-0.4, -0.2) is 36.3 Å². The zero-order valence-corrected chi connectivity index (χ0v) is 15.7. The van der Waals surface area contributed by atoms with Gasteiger partial charge in [0.2, 0.25) is 11.8 Å². The van der Waals surface area contributed by atoms with E-state index >= 15 is 0 Å². The molecule has 2 heterocycles. The highest BCUT2D eigenvalue weighted by atomic mass is 35.5. The Hall–Kier alpha value is -2.80. The van der Waals surface area contributed by atoms with Gasteiger partial charge in [0.25, 0.3) is 0 Å². The van der Waals surface area contributed by atoms with Crippen LogP contribution >= 0.6 is 11.6 Å². The average Bonchev–Trinajstić information content (AvgIpc) is 2.66. The Labute approximate surface area is 156 Å². The number of hydrogen-bond acceptors (Lipinski definition) is 7. The molecule has 0 aliphatic carbocycles. The number of hydrogen-bond donors (Lipinski definition) is 1. The summed E-state index contributed by atoms with van der Waals surface area (Å²) in [6, 6.07) is 3.61. The molecule has 8 heteroatoms. The molecule has 26 heavy (non-hydrogen) atoms. The van der Waals surface area contributed by atoms with Gasteiger partial charge in [0.1, 0.15) is 17.0 Å². The number of methoxy groups -OCH3 is 3. The molecule has 0 unspecified atom stereocenters. The van der Waals surface area contributed by atoms with Crippen LogP contribution in [0.1, 0.15) is 12.5 Å². The van der Waals surface area contributed by atoms with E-state index in [1.54, 1.807) is 26.5 Å². The number of rotatable bonds is 5. The first-order valence-electron chi connectivity index (χ1n) is 7.95. The van der Waals surface area contributed by atoms with Crippen molar-refractivity contribution in [1.82, 2.24) is 15.0 Å². The monoisotopic (exact) mass is 374 g/mol. The highest BCUT2D eigenvalue weighted by Crippen LogP contribution is 2.44. The topological polar surface area (TPSA) is 92.4 Å². The van der Waals surface area contributed by atoms with E-state index in [0.717, 1.165) is 16.5 Å². The first-order valence-corrected chi connectivity index (χ1v) is 8.32. The maximum Gasteiger partial charge on any atom is 0.241 e.